The third-order valence-electron chi connectivity index (χ3n) is 4.80. The number of hydrogen-bond donors (Lipinski definition) is 1. The summed E-state index contributed by atoms with van der Waals surface area (Å²) in [5.74, 6) is -0.500. The van der Waals surface area contributed by atoms with Crippen molar-refractivity contribution in [2.75, 3.05) is 20.1 Å². The van der Waals surface area contributed by atoms with E-state index >= 15 is 0 Å². The molecule has 3 atom stereocenters. The molecule has 2 fully saturated rings. The second-order valence-corrected chi connectivity index (χ2v) is 6.44. The molecular weight excluding hydrogens is 256 g/mol. The molecule has 1 aliphatic carbocycles. The molecule has 1 saturated carbocycles. The number of carboxylic acid groups (broad SMARTS) is 1. The second kappa shape index (κ2) is 6.46. The van der Waals surface area contributed by atoms with Crippen LogP contribution in [0.5, 0.6) is 0 Å². The third-order valence-corrected chi connectivity index (χ3v) is 4.80. The maximum atomic E-state index is 12.5. The average molecular weight is 282 g/mol. The Balaban J connectivity index is 1.93. The molecule has 2 rings (SSSR count). The highest BCUT2D eigenvalue weighted by Gasteiger charge is 2.32. The van der Waals surface area contributed by atoms with Crippen LogP contribution in [-0.4, -0.2) is 53.1 Å². The van der Waals surface area contributed by atoms with Gasteiger partial charge in [-0.25, -0.2) is 4.79 Å². The van der Waals surface area contributed by atoms with Crippen LogP contribution in [0.4, 0.5) is 4.79 Å². The van der Waals surface area contributed by atoms with Crippen LogP contribution in [0.2, 0.25) is 0 Å². The summed E-state index contributed by atoms with van der Waals surface area (Å²) in [4.78, 5) is 27.2. The van der Waals surface area contributed by atoms with Gasteiger partial charge in [-0.2, -0.15) is 0 Å². The first-order chi connectivity index (χ1) is 9.49. The van der Waals surface area contributed by atoms with Crippen molar-refractivity contribution < 1.29 is 14.7 Å². The molecule has 0 aromatic heterocycles. The van der Waals surface area contributed by atoms with Crippen LogP contribution in [0.3, 0.4) is 0 Å². The fraction of sp³-hybridized carbons (Fsp3) is 0.867. The molecule has 20 heavy (non-hydrogen) atoms. The molecule has 0 aromatic carbocycles. The van der Waals surface area contributed by atoms with E-state index in [1.54, 1.807) is 4.90 Å². The Morgan fingerprint density at radius 3 is 2.60 bits per heavy atom. The lowest BCUT2D eigenvalue weighted by Crippen LogP contribution is -2.51. The minimum atomic E-state index is -0.781. The van der Waals surface area contributed by atoms with Gasteiger partial charge in [0.25, 0.3) is 0 Å². The van der Waals surface area contributed by atoms with E-state index in [9.17, 15) is 9.59 Å². The van der Waals surface area contributed by atoms with Crippen LogP contribution in [-0.2, 0) is 4.79 Å². The largest absolute Gasteiger partial charge is 0.481 e. The molecule has 5 heteroatoms. The molecular formula is C15H26N2O3. The number of urea groups is 1. The Bertz CT molecular complexity index is 372. The van der Waals surface area contributed by atoms with E-state index in [0.29, 0.717) is 31.5 Å². The van der Waals surface area contributed by atoms with Crippen molar-refractivity contribution in [1.29, 1.82) is 0 Å². The zero-order valence-electron chi connectivity index (χ0n) is 12.5. The Morgan fingerprint density at radius 2 is 1.95 bits per heavy atom. The van der Waals surface area contributed by atoms with Gasteiger partial charge < -0.3 is 14.9 Å². The van der Waals surface area contributed by atoms with E-state index < -0.39 is 11.9 Å². The lowest BCUT2D eigenvalue weighted by molar-refractivity contribution is -0.143. The van der Waals surface area contributed by atoms with Crippen LogP contribution in [0, 0.1) is 11.8 Å². The number of rotatable bonds is 2. The minimum absolute atomic E-state index is 0.00931. The molecule has 114 valence electrons. The van der Waals surface area contributed by atoms with Crippen molar-refractivity contribution in [3.63, 3.8) is 0 Å². The number of aliphatic carboxylic acids is 1. The number of carboxylic acids is 1. The predicted molar refractivity (Wildman–Crippen MR) is 76.5 cm³/mol. The Hall–Kier alpha value is -1.26. The molecule has 0 bridgehead atoms. The van der Waals surface area contributed by atoms with Gasteiger partial charge >= 0.3 is 12.0 Å². The summed E-state index contributed by atoms with van der Waals surface area (Å²) in [5.41, 5.74) is 0. The lowest BCUT2D eigenvalue weighted by atomic mass is 9.86. The third kappa shape index (κ3) is 3.44. The monoisotopic (exact) mass is 282 g/mol. The quantitative estimate of drug-likeness (QED) is 0.846. The van der Waals surface area contributed by atoms with Gasteiger partial charge in [-0.15, -0.1) is 0 Å². The first kappa shape index (κ1) is 15.1. The number of nitrogens with zero attached hydrogens (tertiary/aromatic N) is 2. The standard InChI is InChI=1S/C15H26N2O3/c1-11-5-3-7-13(9-11)16(2)15(20)17-8-4-6-12(10-17)14(18)19/h11-13H,3-10H2,1-2H3,(H,18,19). The number of carbonyl (C=O) groups excluding carboxylic acids is 1. The number of hydrogen-bond acceptors (Lipinski definition) is 2. The fourth-order valence-electron chi connectivity index (χ4n) is 3.49. The maximum Gasteiger partial charge on any atom is 0.320 e. The molecule has 0 aromatic rings. The van der Waals surface area contributed by atoms with Crippen molar-refractivity contribution in [2.45, 2.75) is 51.5 Å². The van der Waals surface area contributed by atoms with E-state index in [0.717, 1.165) is 19.3 Å². The van der Waals surface area contributed by atoms with Gasteiger partial charge in [0, 0.05) is 26.2 Å². The van der Waals surface area contributed by atoms with Crippen molar-refractivity contribution in [2.24, 2.45) is 11.8 Å². The highest BCUT2D eigenvalue weighted by molar-refractivity contribution is 5.76. The Kier molecular flexibility index (Phi) is 4.89. The first-order valence-corrected chi connectivity index (χ1v) is 7.73. The van der Waals surface area contributed by atoms with Crippen LogP contribution in [0.15, 0.2) is 0 Å². The first-order valence-electron chi connectivity index (χ1n) is 7.73. The highest BCUT2D eigenvalue weighted by atomic mass is 16.4. The fourth-order valence-corrected chi connectivity index (χ4v) is 3.49. The minimum Gasteiger partial charge on any atom is -0.481 e. The van der Waals surface area contributed by atoms with E-state index in [-0.39, 0.29) is 6.03 Å². The molecule has 2 amide bonds. The van der Waals surface area contributed by atoms with Crippen LogP contribution < -0.4 is 0 Å². The summed E-state index contributed by atoms with van der Waals surface area (Å²) in [5, 5.41) is 9.11. The van der Waals surface area contributed by atoms with Crippen LogP contribution >= 0.6 is 0 Å². The summed E-state index contributed by atoms with van der Waals surface area (Å²) in [6, 6.07) is 0.325. The van der Waals surface area contributed by atoms with Gasteiger partial charge in [-0.3, -0.25) is 4.79 Å². The van der Waals surface area contributed by atoms with Gasteiger partial charge in [-0.1, -0.05) is 19.8 Å². The molecule has 0 spiro atoms. The number of piperidine rings is 1. The zero-order valence-corrected chi connectivity index (χ0v) is 12.5. The summed E-state index contributed by atoms with van der Waals surface area (Å²) in [7, 11) is 1.87. The van der Waals surface area contributed by atoms with Crippen molar-refractivity contribution in [3.8, 4) is 0 Å². The number of carbonyl (C=O) groups is 2. The second-order valence-electron chi connectivity index (χ2n) is 6.44. The summed E-state index contributed by atoms with van der Waals surface area (Å²) in [6.45, 7) is 3.29. The van der Waals surface area contributed by atoms with E-state index in [1.165, 1.54) is 12.8 Å². The Morgan fingerprint density at radius 1 is 1.20 bits per heavy atom. The molecule has 1 aliphatic heterocycles. The molecule has 3 unspecified atom stereocenters. The molecule has 2 aliphatic rings. The Labute approximate surface area is 120 Å². The van der Waals surface area contributed by atoms with Crippen molar-refractivity contribution in [1.82, 2.24) is 9.80 Å². The van der Waals surface area contributed by atoms with Gasteiger partial charge in [0.2, 0.25) is 0 Å². The van der Waals surface area contributed by atoms with Gasteiger partial charge in [0.1, 0.15) is 0 Å². The van der Waals surface area contributed by atoms with Crippen molar-refractivity contribution in [3.05, 3.63) is 0 Å². The number of likely N-dealkylation sites (tertiary alicyclic amines) is 1. The van der Waals surface area contributed by atoms with Crippen LogP contribution in [0.1, 0.15) is 45.4 Å². The van der Waals surface area contributed by atoms with Gasteiger partial charge in [0.05, 0.1) is 5.92 Å². The van der Waals surface area contributed by atoms with Gasteiger partial charge in [-0.05, 0) is 31.6 Å². The summed E-state index contributed by atoms with van der Waals surface area (Å²) >= 11 is 0. The molecule has 1 N–H and O–H groups in total. The molecule has 0 radical (unpaired) electrons. The maximum absolute atomic E-state index is 12.5. The van der Waals surface area contributed by atoms with Crippen molar-refractivity contribution >= 4 is 12.0 Å². The SMILES string of the molecule is CC1CCCC(N(C)C(=O)N2CCCC(C(=O)O)C2)C1. The van der Waals surface area contributed by atoms with Crippen LogP contribution in [0.25, 0.3) is 0 Å². The lowest BCUT2D eigenvalue weighted by Gasteiger charge is -2.39. The molecule has 5 nitrogen and oxygen atoms in total. The summed E-state index contributed by atoms with van der Waals surface area (Å²) < 4.78 is 0. The van der Waals surface area contributed by atoms with E-state index in [2.05, 4.69) is 6.92 Å². The average Bonchev–Trinajstić information content (AvgIpc) is 2.45. The number of amides is 2. The van der Waals surface area contributed by atoms with Gasteiger partial charge in [0.15, 0.2) is 0 Å². The topological polar surface area (TPSA) is 60.9 Å². The zero-order chi connectivity index (χ0) is 14.7. The smallest absolute Gasteiger partial charge is 0.320 e. The predicted octanol–water partition coefficient (Wildman–Crippen LogP) is 2.41. The highest BCUT2D eigenvalue weighted by Crippen LogP contribution is 2.28. The summed E-state index contributed by atoms with van der Waals surface area (Å²) in [6.07, 6.45) is 6.05. The van der Waals surface area contributed by atoms with E-state index in [1.807, 2.05) is 11.9 Å². The molecule has 1 saturated heterocycles. The normalized spacial score (nSPS) is 30.9. The van der Waals surface area contributed by atoms with E-state index in [4.69, 9.17) is 5.11 Å². The molecule has 1 heterocycles.